The van der Waals surface area contributed by atoms with E-state index in [-0.39, 0.29) is 18.4 Å². The predicted molar refractivity (Wildman–Crippen MR) is 63.2 cm³/mol. The van der Waals surface area contributed by atoms with Gasteiger partial charge in [-0.05, 0) is 33.1 Å². The Bertz CT molecular complexity index is 172. The largest absolute Gasteiger partial charge is 0.376 e. The Hall–Kier alpha value is -0.160. The Morgan fingerprint density at radius 2 is 1.88 bits per heavy atom. The summed E-state index contributed by atoms with van der Waals surface area (Å²) in [5.74, 6) is 0. The smallest absolute Gasteiger partial charge is 0.159 e. The molecule has 4 heteroatoms. The second kappa shape index (κ2) is 8.01. The van der Waals surface area contributed by atoms with E-state index in [0.29, 0.717) is 19.8 Å². The maximum Gasteiger partial charge on any atom is 0.159 e. The molecule has 2 N–H and O–H groups in total. The number of rotatable bonds is 8. The van der Waals surface area contributed by atoms with Crippen LogP contribution in [0, 0.1) is 0 Å². The highest BCUT2D eigenvalue weighted by Crippen LogP contribution is 2.20. The molecular weight excluding hydrogens is 206 g/mol. The van der Waals surface area contributed by atoms with Gasteiger partial charge in [-0.3, -0.25) is 0 Å². The molecule has 0 saturated heterocycles. The summed E-state index contributed by atoms with van der Waals surface area (Å²) in [7, 11) is 0. The van der Waals surface area contributed by atoms with Gasteiger partial charge in [-0.1, -0.05) is 0 Å². The van der Waals surface area contributed by atoms with Crippen LogP contribution in [0.25, 0.3) is 0 Å². The molecule has 4 nitrogen and oxygen atoms in total. The van der Waals surface area contributed by atoms with Crippen LogP contribution in [-0.2, 0) is 14.2 Å². The minimum atomic E-state index is -0.132. The molecule has 1 rings (SSSR count). The van der Waals surface area contributed by atoms with Crippen molar-refractivity contribution < 1.29 is 14.2 Å². The first-order valence-electron chi connectivity index (χ1n) is 6.38. The van der Waals surface area contributed by atoms with Crippen molar-refractivity contribution in [3.8, 4) is 0 Å². The zero-order valence-electron chi connectivity index (χ0n) is 10.5. The van der Waals surface area contributed by atoms with Gasteiger partial charge in [0.1, 0.15) is 0 Å². The molecule has 1 aliphatic rings. The van der Waals surface area contributed by atoms with Crippen LogP contribution in [0.3, 0.4) is 0 Å². The third-order valence-electron chi connectivity index (χ3n) is 2.89. The van der Waals surface area contributed by atoms with Gasteiger partial charge in [-0.25, -0.2) is 0 Å². The fourth-order valence-corrected chi connectivity index (χ4v) is 2.06. The third kappa shape index (κ3) is 4.78. The lowest BCUT2D eigenvalue weighted by molar-refractivity contribution is -0.149. The van der Waals surface area contributed by atoms with Crippen molar-refractivity contribution >= 4 is 0 Å². The van der Waals surface area contributed by atoms with Crippen molar-refractivity contribution in [3.05, 3.63) is 0 Å². The van der Waals surface area contributed by atoms with E-state index in [1.807, 2.05) is 13.8 Å². The van der Waals surface area contributed by atoms with E-state index in [1.165, 1.54) is 6.42 Å². The van der Waals surface area contributed by atoms with E-state index < -0.39 is 0 Å². The molecule has 0 aliphatic heterocycles. The molecule has 0 bridgehead atoms. The Balaban J connectivity index is 2.11. The maximum absolute atomic E-state index is 5.93. The van der Waals surface area contributed by atoms with Gasteiger partial charge in [0.05, 0.1) is 12.7 Å². The highest BCUT2D eigenvalue weighted by molar-refractivity contribution is 4.80. The van der Waals surface area contributed by atoms with Gasteiger partial charge in [0.25, 0.3) is 0 Å². The van der Waals surface area contributed by atoms with Crippen LogP contribution in [0.2, 0.25) is 0 Å². The summed E-state index contributed by atoms with van der Waals surface area (Å²) in [6, 6.07) is 0.220. The van der Waals surface area contributed by atoms with Crippen molar-refractivity contribution in [2.45, 2.75) is 58.0 Å². The van der Waals surface area contributed by atoms with E-state index in [0.717, 1.165) is 19.3 Å². The molecule has 2 atom stereocenters. The summed E-state index contributed by atoms with van der Waals surface area (Å²) in [6.07, 6.45) is 4.26. The zero-order valence-corrected chi connectivity index (χ0v) is 10.5. The molecule has 96 valence electrons. The molecule has 1 fully saturated rings. The summed E-state index contributed by atoms with van der Waals surface area (Å²) in [5, 5.41) is 0. The number of nitrogens with two attached hydrogens (primary N) is 1. The first-order chi connectivity index (χ1) is 7.77. The SMILES string of the molecule is CCOC(CCOC1CCCC1N)OCC. The average Bonchev–Trinajstić information content (AvgIpc) is 2.65. The quantitative estimate of drug-likeness (QED) is 0.646. The predicted octanol–water partition coefficient (Wildman–Crippen LogP) is 1.67. The number of hydrogen-bond acceptors (Lipinski definition) is 4. The lowest BCUT2D eigenvalue weighted by atomic mass is 10.2. The van der Waals surface area contributed by atoms with E-state index >= 15 is 0 Å². The van der Waals surface area contributed by atoms with Crippen LogP contribution in [-0.4, -0.2) is 38.3 Å². The highest BCUT2D eigenvalue weighted by Gasteiger charge is 2.24. The molecule has 1 saturated carbocycles. The van der Waals surface area contributed by atoms with E-state index in [9.17, 15) is 0 Å². The number of hydrogen-bond donors (Lipinski definition) is 1. The topological polar surface area (TPSA) is 53.7 Å². The molecule has 16 heavy (non-hydrogen) atoms. The molecule has 2 unspecified atom stereocenters. The van der Waals surface area contributed by atoms with Crippen molar-refractivity contribution in [2.75, 3.05) is 19.8 Å². The Morgan fingerprint density at radius 3 is 2.38 bits per heavy atom. The Morgan fingerprint density at radius 1 is 1.19 bits per heavy atom. The second-order valence-electron chi connectivity index (χ2n) is 4.13. The van der Waals surface area contributed by atoms with Gasteiger partial charge >= 0.3 is 0 Å². The lowest BCUT2D eigenvalue weighted by Gasteiger charge is -2.20. The molecule has 0 aromatic rings. The monoisotopic (exact) mass is 231 g/mol. The zero-order chi connectivity index (χ0) is 11.8. The summed E-state index contributed by atoms with van der Waals surface area (Å²) in [6.45, 7) is 5.96. The summed E-state index contributed by atoms with van der Waals surface area (Å²) in [4.78, 5) is 0. The van der Waals surface area contributed by atoms with Crippen molar-refractivity contribution in [1.82, 2.24) is 0 Å². The van der Waals surface area contributed by atoms with E-state index in [1.54, 1.807) is 0 Å². The summed E-state index contributed by atoms with van der Waals surface area (Å²) in [5.41, 5.74) is 5.93. The highest BCUT2D eigenvalue weighted by atomic mass is 16.7. The first-order valence-corrected chi connectivity index (χ1v) is 6.38. The van der Waals surface area contributed by atoms with Gasteiger partial charge in [-0.15, -0.1) is 0 Å². The third-order valence-corrected chi connectivity index (χ3v) is 2.89. The van der Waals surface area contributed by atoms with Crippen LogP contribution >= 0.6 is 0 Å². The molecule has 0 aromatic heterocycles. The fourth-order valence-electron chi connectivity index (χ4n) is 2.06. The van der Waals surface area contributed by atoms with Gasteiger partial charge < -0.3 is 19.9 Å². The summed E-state index contributed by atoms with van der Waals surface area (Å²) < 4.78 is 16.6. The maximum atomic E-state index is 5.93. The molecule has 0 heterocycles. The normalized spacial score (nSPS) is 25.5. The first kappa shape index (κ1) is 13.9. The standard InChI is InChI=1S/C12H25NO3/c1-3-14-12(15-4-2)8-9-16-11-7-5-6-10(11)13/h10-12H,3-9,13H2,1-2H3. The Labute approximate surface area is 98.4 Å². The van der Waals surface area contributed by atoms with Crippen molar-refractivity contribution in [1.29, 1.82) is 0 Å². The van der Waals surface area contributed by atoms with Gasteiger partial charge in [0.2, 0.25) is 0 Å². The minimum absolute atomic E-state index is 0.132. The lowest BCUT2D eigenvalue weighted by Crippen LogP contribution is -2.32. The Kier molecular flexibility index (Phi) is 6.96. The van der Waals surface area contributed by atoms with Gasteiger partial charge in [0.15, 0.2) is 6.29 Å². The number of ether oxygens (including phenoxy) is 3. The second-order valence-corrected chi connectivity index (χ2v) is 4.13. The van der Waals surface area contributed by atoms with Crippen LogP contribution in [0.15, 0.2) is 0 Å². The fraction of sp³-hybridized carbons (Fsp3) is 1.00. The van der Waals surface area contributed by atoms with Crippen LogP contribution in [0.1, 0.15) is 39.5 Å². The summed E-state index contributed by atoms with van der Waals surface area (Å²) >= 11 is 0. The van der Waals surface area contributed by atoms with Crippen molar-refractivity contribution in [3.63, 3.8) is 0 Å². The molecule has 0 aromatic carbocycles. The van der Waals surface area contributed by atoms with Crippen molar-refractivity contribution in [2.24, 2.45) is 5.73 Å². The molecule has 0 spiro atoms. The molecule has 0 radical (unpaired) electrons. The van der Waals surface area contributed by atoms with Crippen LogP contribution in [0.4, 0.5) is 0 Å². The van der Waals surface area contributed by atoms with Crippen LogP contribution in [0.5, 0.6) is 0 Å². The molecular formula is C12H25NO3. The van der Waals surface area contributed by atoms with Gasteiger partial charge in [-0.2, -0.15) is 0 Å². The van der Waals surface area contributed by atoms with Gasteiger partial charge in [0, 0.05) is 25.7 Å². The van der Waals surface area contributed by atoms with Crippen LogP contribution < -0.4 is 5.73 Å². The minimum Gasteiger partial charge on any atom is -0.376 e. The van der Waals surface area contributed by atoms with E-state index in [2.05, 4.69) is 0 Å². The molecule has 0 amide bonds. The average molecular weight is 231 g/mol. The molecule has 1 aliphatic carbocycles. The van der Waals surface area contributed by atoms with E-state index in [4.69, 9.17) is 19.9 Å².